The van der Waals surface area contributed by atoms with Gasteiger partial charge in [0.05, 0.1) is 17.9 Å². The number of rotatable bonds is 7. The Hall–Kier alpha value is -3.15. The first-order chi connectivity index (χ1) is 13.4. The second-order valence-electron chi connectivity index (χ2n) is 6.69. The Bertz CT molecular complexity index is 846. The van der Waals surface area contributed by atoms with Gasteiger partial charge in [0.15, 0.2) is 0 Å². The molecule has 0 fully saturated rings. The zero-order valence-corrected chi connectivity index (χ0v) is 16.5. The van der Waals surface area contributed by atoms with Gasteiger partial charge in [-0.05, 0) is 36.1 Å². The van der Waals surface area contributed by atoms with E-state index < -0.39 is 17.8 Å². The molecule has 0 heterocycles. The average molecular weight is 382 g/mol. The van der Waals surface area contributed by atoms with Crippen molar-refractivity contribution in [2.45, 2.75) is 39.5 Å². The Morgan fingerprint density at radius 1 is 0.893 bits per heavy atom. The van der Waals surface area contributed by atoms with Crippen LogP contribution < -0.4 is 10.6 Å². The Morgan fingerprint density at radius 3 is 2.11 bits per heavy atom. The maximum absolute atomic E-state index is 12.4. The molecule has 0 saturated carbocycles. The molecular formula is C22H26N2O4. The summed E-state index contributed by atoms with van der Waals surface area (Å²) in [5, 5.41) is 5.13. The third-order valence-electron chi connectivity index (χ3n) is 4.16. The van der Waals surface area contributed by atoms with E-state index in [0.717, 1.165) is 18.4 Å². The van der Waals surface area contributed by atoms with Crippen molar-refractivity contribution in [3.8, 4) is 0 Å². The van der Waals surface area contributed by atoms with Gasteiger partial charge < -0.3 is 15.4 Å². The fraction of sp³-hybridized carbons (Fsp3) is 0.318. The van der Waals surface area contributed by atoms with Crippen LogP contribution in [-0.4, -0.2) is 24.4 Å². The van der Waals surface area contributed by atoms with E-state index in [4.69, 9.17) is 4.74 Å². The van der Waals surface area contributed by atoms with Crippen LogP contribution in [0.15, 0.2) is 48.5 Å². The number of hydrogen-bond donors (Lipinski definition) is 2. The van der Waals surface area contributed by atoms with Crippen molar-refractivity contribution in [2.75, 3.05) is 17.2 Å². The molecule has 6 heteroatoms. The number of carbonyl (C=O) groups is 3. The number of ether oxygens (including phenoxy) is 1. The van der Waals surface area contributed by atoms with Crippen LogP contribution in [0.4, 0.5) is 11.4 Å². The summed E-state index contributed by atoms with van der Waals surface area (Å²) >= 11 is 0. The van der Waals surface area contributed by atoms with Gasteiger partial charge in [-0.1, -0.05) is 57.5 Å². The van der Waals surface area contributed by atoms with Gasteiger partial charge in [-0.3, -0.25) is 9.59 Å². The van der Waals surface area contributed by atoms with Gasteiger partial charge in [-0.15, -0.1) is 0 Å². The smallest absolute Gasteiger partial charge is 0.340 e. The first-order valence-electron chi connectivity index (χ1n) is 9.41. The van der Waals surface area contributed by atoms with Crippen molar-refractivity contribution < 1.29 is 19.1 Å². The highest BCUT2D eigenvalue weighted by molar-refractivity contribution is 6.44. The van der Waals surface area contributed by atoms with Crippen LogP contribution in [0.1, 0.15) is 55.5 Å². The number of para-hydroxylation sites is 2. The summed E-state index contributed by atoms with van der Waals surface area (Å²) in [6.07, 6.45) is 1.67. The topological polar surface area (TPSA) is 84.5 Å². The SMILES string of the molecule is CCCCOC(=O)c1ccccc1NC(=O)C(=O)Nc1ccccc1C(C)C. The molecule has 0 saturated heterocycles. The van der Waals surface area contributed by atoms with Gasteiger partial charge in [-0.25, -0.2) is 4.79 Å². The number of benzene rings is 2. The molecule has 0 aliphatic rings. The summed E-state index contributed by atoms with van der Waals surface area (Å²) in [5.74, 6) is -2.00. The molecule has 0 unspecified atom stereocenters. The van der Waals surface area contributed by atoms with E-state index in [-0.39, 0.29) is 17.2 Å². The minimum absolute atomic E-state index is 0.193. The molecule has 2 aromatic rings. The Kier molecular flexibility index (Phi) is 7.75. The van der Waals surface area contributed by atoms with E-state index in [0.29, 0.717) is 12.3 Å². The molecule has 2 N–H and O–H groups in total. The van der Waals surface area contributed by atoms with Gasteiger partial charge in [0, 0.05) is 5.69 Å². The molecule has 28 heavy (non-hydrogen) atoms. The van der Waals surface area contributed by atoms with Gasteiger partial charge in [0.2, 0.25) is 0 Å². The molecule has 148 valence electrons. The molecule has 2 aromatic carbocycles. The molecule has 6 nitrogen and oxygen atoms in total. The number of unbranched alkanes of at least 4 members (excludes halogenated alkanes) is 1. The molecule has 0 aliphatic carbocycles. The first kappa shape index (κ1) is 21.2. The molecule has 0 aliphatic heterocycles. The molecule has 0 aromatic heterocycles. The van der Waals surface area contributed by atoms with Crippen LogP contribution in [0.5, 0.6) is 0 Å². The number of amides is 2. The summed E-state index contributed by atoms with van der Waals surface area (Å²) in [6, 6.07) is 13.8. The van der Waals surface area contributed by atoms with Gasteiger partial charge in [0.1, 0.15) is 0 Å². The van der Waals surface area contributed by atoms with Crippen molar-refractivity contribution in [1.82, 2.24) is 0 Å². The van der Waals surface area contributed by atoms with Crippen LogP contribution in [-0.2, 0) is 14.3 Å². The van der Waals surface area contributed by atoms with Crippen LogP contribution in [0.25, 0.3) is 0 Å². The standard InChI is InChI=1S/C22H26N2O4/c1-4-5-14-28-22(27)17-11-7-9-13-19(17)24-21(26)20(25)23-18-12-8-6-10-16(18)15(2)3/h6-13,15H,4-5,14H2,1-3H3,(H,23,25)(H,24,26). The number of carbonyl (C=O) groups excluding carboxylic acids is 3. The maximum Gasteiger partial charge on any atom is 0.340 e. The zero-order chi connectivity index (χ0) is 20.5. The molecule has 2 amide bonds. The monoisotopic (exact) mass is 382 g/mol. The highest BCUT2D eigenvalue weighted by atomic mass is 16.5. The molecule has 0 spiro atoms. The summed E-state index contributed by atoms with van der Waals surface area (Å²) in [6.45, 7) is 6.32. The van der Waals surface area contributed by atoms with Crippen molar-refractivity contribution in [3.63, 3.8) is 0 Å². The largest absolute Gasteiger partial charge is 0.462 e. The van der Waals surface area contributed by atoms with E-state index in [1.807, 2.05) is 32.9 Å². The van der Waals surface area contributed by atoms with E-state index in [1.165, 1.54) is 0 Å². The molecular weight excluding hydrogens is 356 g/mol. The molecule has 2 rings (SSSR count). The van der Waals surface area contributed by atoms with Gasteiger partial charge in [-0.2, -0.15) is 0 Å². The number of hydrogen-bond acceptors (Lipinski definition) is 4. The number of anilines is 2. The summed E-state index contributed by atoms with van der Waals surface area (Å²) in [4.78, 5) is 36.9. The second kappa shape index (κ2) is 10.3. The Balaban J connectivity index is 2.09. The van der Waals surface area contributed by atoms with E-state index in [1.54, 1.807) is 36.4 Å². The average Bonchev–Trinajstić information content (AvgIpc) is 2.68. The maximum atomic E-state index is 12.4. The van der Waals surface area contributed by atoms with Crippen molar-refractivity contribution >= 4 is 29.2 Å². The molecule has 0 atom stereocenters. The molecule has 0 bridgehead atoms. The highest BCUT2D eigenvalue weighted by Gasteiger charge is 2.20. The van der Waals surface area contributed by atoms with Gasteiger partial charge >= 0.3 is 17.8 Å². The minimum Gasteiger partial charge on any atom is -0.462 e. The lowest BCUT2D eigenvalue weighted by atomic mass is 10.0. The van der Waals surface area contributed by atoms with Crippen LogP contribution >= 0.6 is 0 Å². The second-order valence-corrected chi connectivity index (χ2v) is 6.69. The number of esters is 1. The fourth-order valence-corrected chi connectivity index (χ4v) is 2.63. The first-order valence-corrected chi connectivity index (χ1v) is 9.41. The third kappa shape index (κ3) is 5.67. The van der Waals surface area contributed by atoms with E-state index in [2.05, 4.69) is 10.6 Å². The lowest BCUT2D eigenvalue weighted by Crippen LogP contribution is -2.30. The predicted molar refractivity (Wildman–Crippen MR) is 109 cm³/mol. The third-order valence-corrected chi connectivity index (χ3v) is 4.16. The van der Waals surface area contributed by atoms with Crippen LogP contribution in [0, 0.1) is 0 Å². The highest BCUT2D eigenvalue weighted by Crippen LogP contribution is 2.23. The van der Waals surface area contributed by atoms with Crippen molar-refractivity contribution in [1.29, 1.82) is 0 Å². The lowest BCUT2D eigenvalue weighted by Gasteiger charge is -2.14. The molecule has 0 radical (unpaired) electrons. The van der Waals surface area contributed by atoms with Crippen molar-refractivity contribution in [2.24, 2.45) is 0 Å². The van der Waals surface area contributed by atoms with E-state index in [9.17, 15) is 14.4 Å². The van der Waals surface area contributed by atoms with Gasteiger partial charge in [0.25, 0.3) is 0 Å². The van der Waals surface area contributed by atoms with Crippen molar-refractivity contribution in [3.05, 3.63) is 59.7 Å². The quantitative estimate of drug-likeness (QED) is 0.424. The Morgan fingerprint density at radius 2 is 1.46 bits per heavy atom. The lowest BCUT2D eigenvalue weighted by molar-refractivity contribution is -0.133. The van der Waals surface area contributed by atoms with E-state index >= 15 is 0 Å². The predicted octanol–water partition coefficient (Wildman–Crippen LogP) is 4.34. The number of nitrogens with one attached hydrogen (secondary N) is 2. The normalized spacial score (nSPS) is 10.4. The van der Waals surface area contributed by atoms with Crippen LogP contribution in [0.3, 0.4) is 0 Å². The Labute approximate surface area is 165 Å². The summed E-state index contributed by atoms with van der Waals surface area (Å²) in [5.41, 5.74) is 1.97. The zero-order valence-electron chi connectivity index (χ0n) is 16.5. The summed E-state index contributed by atoms with van der Waals surface area (Å²) in [7, 11) is 0. The van der Waals surface area contributed by atoms with Crippen LogP contribution in [0.2, 0.25) is 0 Å². The summed E-state index contributed by atoms with van der Waals surface area (Å²) < 4.78 is 5.20. The fourth-order valence-electron chi connectivity index (χ4n) is 2.63. The minimum atomic E-state index is -0.854.